The summed E-state index contributed by atoms with van der Waals surface area (Å²) in [5.74, 6) is 1.94. The Morgan fingerprint density at radius 1 is 1.07 bits per heavy atom. The lowest BCUT2D eigenvalue weighted by molar-refractivity contribution is -0.116. The summed E-state index contributed by atoms with van der Waals surface area (Å²) in [5.41, 5.74) is 3.28. The highest BCUT2D eigenvalue weighted by Crippen LogP contribution is 2.31. The highest BCUT2D eigenvalue weighted by molar-refractivity contribution is 5.89. The van der Waals surface area contributed by atoms with Crippen molar-refractivity contribution < 1.29 is 14.3 Å². The number of aromatic nitrogens is 2. The van der Waals surface area contributed by atoms with Crippen LogP contribution in [0.2, 0.25) is 0 Å². The minimum Gasteiger partial charge on any atom is -0.493 e. The predicted molar refractivity (Wildman–Crippen MR) is 109 cm³/mol. The van der Waals surface area contributed by atoms with Gasteiger partial charge in [-0.3, -0.25) is 4.79 Å². The van der Waals surface area contributed by atoms with Crippen LogP contribution in [0.3, 0.4) is 0 Å². The van der Waals surface area contributed by atoms with Crippen LogP contribution in [-0.2, 0) is 17.8 Å². The summed E-state index contributed by atoms with van der Waals surface area (Å²) in [6.07, 6.45) is 2.78. The molecule has 0 unspecified atom stereocenters. The molecule has 146 valence electrons. The fourth-order valence-electron chi connectivity index (χ4n) is 3.02. The number of ether oxygens (including phenoxy) is 2. The minimum atomic E-state index is -0.0417. The molecule has 6 nitrogen and oxygen atoms in total. The maximum atomic E-state index is 12.4. The molecule has 0 saturated heterocycles. The van der Waals surface area contributed by atoms with Gasteiger partial charge in [-0.15, -0.1) is 0 Å². The summed E-state index contributed by atoms with van der Waals surface area (Å²) in [7, 11) is 3.22. The number of benzene rings is 2. The molecule has 0 saturated carbocycles. The zero-order valence-electron chi connectivity index (χ0n) is 16.4. The van der Waals surface area contributed by atoms with E-state index in [1.54, 1.807) is 31.2 Å². The van der Waals surface area contributed by atoms with E-state index in [2.05, 4.69) is 41.6 Å². The quantitative estimate of drug-likeness (QED) is 0.646. The molecule has 0 spiro atoms. The first-order chi connectivity index (χ1) is 13.6. The van der Waals surface area contributed by atoms with Crippen molar-refractivity contribution in [3.05, 3.63) is 71.4 Å². The summed E-state index contributed by atoms with van der Waals surface area (Å²) >= 11 is 0. The molecule has 0 radical (unpaired) electrons. The van der Waals surface area contributed by atoms with Gasteiger partial charge in [0.2, 0.25) is 5.91 Å². The Morgan fingerprint density at radius 2 is 1.86 bits per heavy atom. The number of nitrogens with zero attached hydrogens (tertiary/aromatic N) is 2. The van der Waals surface area contributed by atoms with Gasteiger partial charge in [-0.1, -0.05) is 42.0 Å². The monoisotopic (exact) mass is 379 g/mol. The largest absolute Gasteiger partial charge is 0.493 e. The van der Waals surface area contributed by atoms with E-state index in [0.717, 1.165) is 11.1 Å². The van der Waals surface area contributed by atoms with E-state index in [9.17, 15) is 4.79 Å². The number of anilines is 1. The third-order valence-electron chi connectivity index (χ3n) is 4.55. The van der Waals surface area contributed by atoms with E-state index in [4.69, 9.17) is 9.47 Å². The second-order valence-electron chi connectivity index (χ2n) is 6.56. The predicted octanol–water partition coefficient (Wildman–Crippen LogP) is 3.83. The Hall–Kier alpha value is -3.28. The number of amides is 1. The first kappa shape index (κ1) is 19.5. The number of hydrogen-bond acceptors (Lipinski definition) is 4. The number of carbonyl (C=O) groups is 1. The van der Waals surface area contributed by atoms with Crippen LogP contribution in [0.5, 0.6) is 11.5 Å². The molecule has 1 N–H and O–H groups in total. The fourth-order valence-corrected chi connectivity index (χ4v) is 3.02. The molecule has 0 aliphatic heterocycles. The third kappa shape index (κ3) is 4.71. The molecule has 3 aromatic rings. The van der Waals surface area contributed by atoms with Crippen molar-refractivity contribution in [3.8, 4) is 11.5 Å². The normalized spacial score (nSPS) is 10.5. The zero-order valence-corrected chi connectivity index (χ0v) is 16.4. The molecule has 2 aromatic carbocycles. The molecule has 1 aromatic heterocycles. The second kappa shape index (κ2) is 9.08. The smallest absolute Gasteiger partial charge is 0.225 e. The van der Waals surface area contributed by atoms with Crippen LogP contribution < -0.4 is 14.8 Å². The number of rotatable bonds is 8. The summed E-state index contributed by atoms with van der Waals surface area (Å²) in [5, 5.41) is 7.28. The SMILES string of the molecule is COc1cccc(Cn2nccc2NC(=O)CCc2ccc(C)cc2)c1OC. The van der Waals surface area contributed by atoms with Gasteiger partial charge in [-0.05, 0) is 25.0 Å². The Balaban J connectivity index is 1.65. The van der Waals surface area contributed by atoms with E-state index < -0.39 is 0 Å². The zero-order chi connectivity index (χ0) is 19.9. The number of methoxy groups -OCH3 is 2. The molecular formula is C22H25N3O3. The van der Waals surface area contributed by atoms with E-state index in [0.29, 0.717) is 36.7 Å². The highest BCUT2D eigenvalue weighted by Gasteiger charge is 2.13. The van der Waals surface area contributed by atoms with Gasteiger partial charge in [0.1, 0.15) is 5.82 Å². The van der Waals surface area contributed by atoms with Gasteiger partial charge in [0.05, 0.1) is 27.0 Å². The van der Waals surface area contributed by atoms with Gasteiger partial charge in [0.25, 0.3) is 0 Å². The maximum Gasteiger partial charge on any atom is 0.225 e. The summed E-state index contributed by atoms with van der Waals surface area (Å²) in [6.45, 7) is 2.51. The summed E-state index contributed by atoms with van der Waals surface area (Å²) in [6, 6.07) is 15.7. The lowest BCUT2D eigenvalue weighted by Crippen LogP contribution is -2.16. The number of nitrogens with one attached hydrogen (secondary N) is 1. The molecule has 28 heavy (non-hydrogen) atoms. The molecule has 1 heterocycles. The van der Waals surface area contributed by atoms with Crippen molar-refractivity contribution in [1.29, 1.82) is 0 Å². The Bertz CT molecular complexity index is 932. The van der Waals surface area contributed by atoms with Crippen molar-refractivity contribution in [2.45, 2.75) is 26.3 Å². The van der Waals surface area contributed by atoms with Crippen LogP contribution in [0, 0.1) is 6.92 Å². The Morgan fingerprint density at radius 3 is 2.57 bits per heavy atom. The molecule has 0 fully saturated rings. The topological polar surface area (TPSA) is 65.4 Å². The molecule has 0 bridgehead atoms. The van der Waals surface area contributed by atoms with Crippen LogP contribution in [0.4, 0.5) is 5.82 Å². The van der Waals surface area contributed by atoms with E-state index >= 15 is 0 Å². The molecule has 3 rings (SSSR count). The van der Waals surface area contributed by atoms with Crippen molar-refractivity contribution in [2.75, 3.05) is 19.5 Å². The van der Waals surface area contributed by atoms with Crippen LogP contribution in [0.15, 0.2) is 54.7 Å². The molecular weight excluding hydrogens is 354 g/mol. The first-order valence-corrected chi connectivity index (χ1v) is 9.17. The van der Waals surface area contributed by atoms with Gasteiger partial charge in [0, 0.05) is 18.1 Å². The van der Waals surface area contributed by atoms with Crippen molar-refractivity contribution in [1.82, 2.24) is 9.78 Å². The molecule has 0 atom stereocenters. The van der Waals surface area contributed by atoms with Crippen LogP contribution in [0.25, 0.3) is 0 Å². The second-order valence-corrected chi connectivity index (χ2v) is 6.56. The molecule has 6 heteroatoms. The van der Waals surface area contributed by atoms with E-state index in [1.165, 1.54) is 5.56 Å². The van der Waals surface area contributed by atoms with E-state index in [1.807, 2.05) is 18.2 Å². The van der Waals surface area contributed by atoms with Crippen LogP contribution in [-0.4, -0.2) is 29.9 Å². The summed E-state index contributed by atoms with van der Waals surface area (Å²) < 4.78 is 12.6. The third-order valence-corrected chi connectivity index (χ3v) is 4.55. The first-order valence-electron chi connectivity index (χ1n) is 9.17. The number of para-hydroxylation sites is 1. The maximum absolute atomic E-state index is 12.4. The lowest BCUT2D eigenvalue weighted by Gasteiger charge is -2.14. The minimum absolute atomic E-state index is 0.0417. The van der Waals surface area contributed by atoms with E-state index in [-0.39, 0.29) is 5.91 Å². The lowest BCUT2D eigenvalue weighted by atomic mass is 10.1. The summed E-state index contributed by atoms with van der Waals surface area (Å²) in [4.78, 5) is 12.4. The average molecular weight is 379 g/mol. The fraction of sp³-hybridized carbons (Fsp3) is 0.273. The average Bonchev–Trinajstić information content (AvgIpc) is 3.13. The highest BCUT2D eigenvalue weighted by atomic mass is 16.5. The number of hydrogen-bond donors (Lipinski definition) is 1. The number of aryl methyl sites for hydroxylation is 2. The van der Waals surface area contributed by atoms with Crippen molar-refractivity contribution in [2.24, 2.45) is 0 Å². The van der Waals surface area contributed by atoms with Gasteiger partial charge >= 0.3 is 0 Å². The van der Waals surface area contributed by atoms with Crippen LogP contribution >= 0.6 is 0 Å². The number of carbonyl (C=O) groups excluding carboxylic acids is 1. The van der Waals surface area contributed by atoms with Gasteiger partial charge in [-0.2, -0.15) is 5.10 Å². The molecule has 0 aliphatic rings. The molecule has 1 amide bonds. The standard InChI is InChI=1S/C22H25N3O3/c1-16-7-9-17(10-8-16)11-12-21(26)24-20-13-14-23-25(20)15-18-5-4-6-19(27-2)22(18)28-3/h4-10,13-14H,11-12,15H2,1-3H3,(H,24,26). The van der Waals surface area contributed by atoms with Gasteiger partial charge < -0.3 is 14.8 Å². The van der Waals surface area contributed by atoms with Gasteiger partial charge in [0.15, 0.2) is 11.5 Å². The van der Waals surface area contributed by atoms with Crippen LogP contribution in [0.1, 0.15) is 23.1 Å². The van der Waals surface area contributed by atoms with Crippen molar-refractivity contribution in [3.63, 3.8) is 0 Å². The van der Waals surface area contributed by atoms with Crippen molar-refractivity contribution >= 4 is 11.7 Å². The Labute approximate surface area is 165 Å². The molecule has 0 aliphatic carbocycles. The Kier molecular flexibility index (Phi) is 6.32. The van der Waals surface area contributed by atoms with Gasteiger partial charge in [-0.25, -0.2) is 4.68 Å².